The minimum absolute atomic E-state index is 0.0703. The van der Waals surface area contributed by atoms with Crippen LogP contribution in [0.5, 0.6) is 11.5 Å². The molecule has 2 aliphatic heterocycles. The summed E-state index contributed by atoms with van der Waals surface area (Å²) < 4.78 is 25.6. The zero-order valence-electron chi connectivity index (χ0n) is 22.4. The predicted octanol–water partition coefficient (Wildman–Crippen LogP) is 2.48. The lowest BCUT2D eigenvalue weighted by atomic mass is 10.2. The van der Waals surface area contributed by atoms with Gasteiger partial charge in [-0.25, -0.2) is 14.4 Å². The molecule has 11 nitrogen and oxygen atoms in total. The number of carbonyl (C=O) groups is 1. The molecule has 1 atom stereocenters. The van der Waals surface area contributed by atoms with E-state index in [1.807, 2.05) is 12.1 Å². The van der Waals surface area contributed by atoms with Crippen molar-refractivity contribution in [2.24, 2.45) is 5.73 Å². The molecule has 0 spiro atoms. The molecule has 2 aliphatic rings. The number of amides is 1. The number of hydrazine groups is 1. The topological polar surface area (TPSA) is 129 Å². The Morgan fingerprint density at radius 2 is 2.12 bits per heavy atom. The van der Waals surface area contributed by atoms with E-state index in [0.29, 0.717) is 41.7 Å². The second-order valence-electron chi connectivity index (χ2n) is 9.84. The van der Waals surface area contributed by atoms with Gasteiger partial charge in [0.2, 0.25) is 5.91 Å². The number of nitrogens with two attached hydrogens (primary N) is 1. The zero-order valence-corrected chi connectivity index (χ0v) is 22.4. The number of ether oxygens (including phenoxy) is 2. The normalized spacial score (nSPS) is 17.4. The van der Waals surface area contributed by atoms with Crippen molar-refractivity contribution >= 4 is 28.3 Å². The highest BCUT2D eigenvalue weighted by atomic mass is 19.1. The first-order valence-corrected chi connectivity index (χ1v) is 13.3. The molecule has 0 radical (unpaired) electrons. The quantitative estimate of drug-likeness (QED) is 0.289. The third kappa shape index (κ3) is 6.18. The number of anilines is 2. The number of carbonyl (C=O) groups excluding carboxylic acids is 1. The van der Waals surface area contributed by atoms with Gasteiger partial charge < -0.3 is 25.6 Å². The Labute approximate surface area is 232 Å². The maximum absolute atomic E-state index is 13.9. The monoisotopic (exact) mass is 551 g/mol. The third-order valence-corrected chi connectivity index (χ3v) is 7.12. The van der Waals surface area contributed by atoms with Gasteiger partial charge in [0.1, 0.15) is 24.5 Å². The van der Waals surface area contributed by atoms with Crippen LogP contribution in [-0.2, 0) is 4.79 Å². The number of fused-ring (bicyclic) bond motifs is 1. The minimum atomic E-state index is -0.516. The molecule has 1 amide bonds. The van der Waals surface area contributed by atoms with Gasteiger partial charge >= 0.3 is 0 Å². The molecule has 2 aromatic carbocycles. The van der Waals surface area contributed by atoms with Crippen LogP contribution in [0.15, 0.2) is 54.6 Å². The number of methoxy groups -OCH3 is 1. The number of hydrogen-bond donors (Lipinski definition) is 3. The molecule has 3 aromatic rings. The summed E-state index contributed by atoms with van der Waals surface area (Å²) in [6.07, 6.45) is 6.19. The number of rotatable bonds is 12. The molecule has 3 heterocycles. The van der Waals surface area contributed by atoms with E-state index in [4.69, 9.17) is 15.2 Å². The van der Waals surface area contributed by atoms with E-state index in [0.717, 1.165) is 43.4 Å². The van der Waals surface area contributed by atoms with E-state index in [1.54, 1.807) is 35.5 Å². The molecule has 0 saturated carbocycles. The summed E-state index contributed by atoms with van der Waals surface area (Å²) in [5, 5.41) is 17.0. The number of primary amides is 1. The summed E-state index contributed by atoms with van der Waals surface area (Å²) in [6.45, 7) is 2.84. The number of likely N-dealkylation sites (tertiary alicyclic amines) is 1. The molecular weight excluding hydrogens is 517 g/mol. The Morgan fingerprint density at radius 1 is 1.25 bits per heavy atom. The predicted molar refractivity (Wildman–Crippen MR) is 149 cm³/mol. The molecule has 0 unspecified atom stereocenters. The van der Waals surface area contributed by atoms with E-state index >= 15 is 0 Å². The van der Waals surface area contributed by atoms with Crippen LogP contribution in [0.1, 0.15) is 19.3 Å². The maximum Gasteiger partial charge on any atom is 0.239 e. The first kappa shape index (κ1) is 27.4. The smallest absolute Gasteiger partial charge is 0.239 e. The molecule has 1 fully saturated rings. The Bertz CT molecular complexity index is 1390. The molecular formula is C28H34FN7O4. The first-order chi connectivity index (χ1) is 19.4. The summed E-state index contributed by atoms with van der Waals surface area (Å²) in [5.41, 5.74) is 7.44. The number of hydrogen-bond acceptors (Lipinski definition) is 10. The van der Waals surface area contributed by atoms with Crippen LogP contribution in [0.25, 0.3) is 10.9 Å². The Hall–Kier alpha value is -4.16. The van der Waals surface area contributed by atoms with Crippen molar-refractivity contribution in [2.45, 2.75) is 25.3 Å². The van der Waals surface area contributed by atoms with Gasteiger partial charge in [0.15, 0.2) is 11.5 Å². The number of nitrogens with zero attached hydrogens (tertiary/aromatic N) is 5. The lowest BCUT2D eigenvalue weighted by Gasteiger charge is -2.29. The van der Waals surface area contributed by atoms with E-state index in [1.165, 1.54) is 18.5 Å². The van der Waals surface area contributed by atoms with Gasteiger partial charge in [-0.1, -0.05) is 6.07 Å². The van der Waals surface area contributed by atoms with Gasteiger partial charge in [-0.05, 0) is 50.1 Å². The van der Waals surface area contributed by atoms with E-state index < -0.39 is 5.91 Å². The van der Waals surface area contributed by atoms with Crippen molar-refractivity contribution in [2.75, 3.05) is 56.8 Å². The fourth-order valence-electron chi connectivity index (χ4n) is 5.22. The molecule has 1 saturated heterocycles. The lowest BCUT2D eigenvalue weighted by molar-refractivity contribution is -0.118. The highest BCUT2D eigenvalue weighted by Gasteiger charge is 2.26. The molecule has 1 aromatic heterocycles. The number of aliphatic hydroxyl groups excluding tert-OH is 1. The molecule has 4 N–H and O–H groups in total. The fourth-order valence-corrected chi connectivity index (χ4v) is 5.22. The number of aromatic nitrogens is 2. The average Bonchev–Trinajstić information content (AvgIpc) is 3.56. The summed E-state index contributed by atoms with van der Waals surface area (Å²) in [5.74, 6) is 0.791. The van der Waals surface area contributed by atoms with Crippen LogP contribution in [0.4, 0.5) is 15.9 Å². The summed E-state index contributed by atoms with van der Waals surface area (Å²) in [6, 6.07) is 10.0. The van der Waals surface area contributed by atoms with Crippen LogP contribution < -0.4 is 25.5 Å². The van der Waals surface area contributed by atoms with Crippen molar-refractivity contribution in [1.82, 2.24) is 19.9 Å². The van der Waals surface area contributed by atoms with E-state index in [-0.39, 0.29) is 25.0 Å². The summed E-state index contributed by atoms with van der Waals surface area (Å²) in [7, 11) is 1.58. The second kappa shape index (κ2) is 12.3. The van der Waals surface area contributed by atoms with Gasteiger partial charge in [0.05, 0.1) is 43.8 Å². The number of aliphatic hydroxyl groups is 1. The Kier molecular flexibility index (Phi) is 8.46. The van der Waals surface area contributed by atoms with Crippen LogP contribution in [-0.4, -0.2) is 83.4 Å². The Balaban J connectivity index is 1.31. The first-order valence-electron chi connectivity index (χ1n) is 13.3. The highest BCUT2D eigenvalue weighted by molar-refractivity contribution is 5.92. The zero-order chi connectivity index (χ0) is 28.1. The van der Waals surface area contributed by atoms with Gasteiger partial charge in [-0.3, -0.25) is 19.7 Å². The van der Waals surface area contributed by atoms with E-state index in [9.17, 15) is 14.3 Å². The molecule has 12 heteroatoms. The maximum atomic E-state index is 13.9. The van der Waals surface area contributed by atoms with E-state index in [2.05, 4.69) is 20.2 Å². The van der Waals surface area contributed by atoms with Gasteiger partial charge in [-0.15, -0.1) is 0 Å². The summed E-state index contributed by atoms with van der Waals surface area (Å²) >= 11 is 0. The van der Waals surface area contributed by atoms with Crippen molar-refractivity contribution in [3.05, 3.63) is 60.4 Å². The highest BCUT2D eigenvalue weighted by Crippen LogP contribution is 2.35. The number of nitrogens with one attached hydrogen (secondary N) is 1. The SMILES string of the molecule is COc1cc2c(NC3=CN(CC(N)=O)N(c4cccc(F)c4)C3)ncnc2cc1OCCCN1CCC[C@H]1CO. The van der Waals surface area contributed by atoms with Crippen LogP contribution in [0.2, 0.25) is 0 Å². The second-order valence-corrected chi connectivity index (χ2v) is 9.84. The van der Waals surface area contributed by atoms with Gasteiger partial charge in [-0.2, -0.15) is 0 Å². The van der Waals surface area contributed by atoms with Crippen molar-refractivity contribution in [3.8, 4) is 11.5 Å². The summed E-state index contributed by atoms with van der Waals surface area (Å²) in [4.78, 5) is 22.9. The molecule has 212 valence electrons. The van der Waals surface area contributed by atoms with Crippen LogP contribution in [0, 0.1) is 5.82 Å². The molecule has 40 heavy (non-hydrogen) atoms. The Morgan fingerprint density at radius 3 is 2.90 bits per heavy atom. The average molecular weight is 552 g/mol. The number of benzene rings is 2. The molecule has 5 rings (SSSR count). The van der Waals surface area contributed by atoms with Crippen LogP contribution >= 0.6 is 0 Å². The molecule has 0 aliphatic carbocycles. The fraction of sp³-hybridized carbons (Fsp3) is 0.393. The minimum Gasteiger partial charge on any atom is -0.493 e. The number of halogens is 1. The lowest BCUT2D eigenvalue weighted by Crippen LogP contribution is -2.41. The largest absolute Gasteiger partial charge is 0.493 e. The van der Waals surface area contributed by atoms with Crippen molar-refractivity contribution in [3.63, 3.8) is 0 Å². The van der Waals surface area contributed by atoms with Crippen molar-refractivity contribution in [1.29, 1.82) is 0 Å². The third-order valence-electron chi connectivity index (χ3n) is 7.12. The van der Waals surface area contributed by atoms with Gasteiger partial charge in [0.25, 0.3) is 0 Å². The molecule has 0 bridgehead atoms. The van der Waals surface area contributed by atoms with Crippen LogP contribution in [0.3, 0.4) is 0 Å². The van der Waals surface area contributed by atoms with Crippen molar-refractivity contribution < 1.29 is 23.8 Å². The standard InChI is InChI=1S/C28H34FN7O4/c1-39-25-12-23-24(13-26(25)40-10-4-9-34-8-3-7-22(34)17-37)31-18-32-28(23)33-20-14-35(16-27(30)38)36(15-20)21-6-2-5-19(29)11-21/h2,5-6,11-14,18,22,37H,3-4,7-10,15-17H2,1H3,(H2,30,38)(H,31,32,33)/t22-/m0/s1. The van der Waals surface area contributed by atoms with Gasteiger partial charge in [0, 0.05) is 30.2 Å².